The van der Waals surface area contributed by atoms with Gasteiger partial charge in [0.15, 0.2) is 15.8 Å². The smallest absolute Gasteiger partial charge is 0.191 e. The van der Waals surface area contributed by atoms with Gasteiger partial charge in [-0.1, -0.05) is 25.1 Å². The molecule has 0 amide bonds. The number of halogens is 1. The zero-order valence-corrected chi connectivity index (χ0v) is 18.8. The van der Waals surface area contributed by atoms with Crippen LogP contribution in [-0.4, -0.2) is 52.0 Å². The molecule has 1 aromatic rings. The van der Waals surface area contributed by atoms with Gasteiger partial charge in [-0.3, -0.25) is 4.99 Å². The molecule has 1 aromatic carbocycles. The van der Waals surface area contributed by atoms with E-state index in [1.807, 2.05) is 13.0 Å². The van der Waals surface area contributed by atoms with Crippen molar-refractivity contribution in [3.8, 4) is 0 Å². The molecule has 2 unspecified atom stereocenters. The van der Waals surface area contributed by atoms with E-state index in [4.69, 9.17) is 4.74 Å². The van der Waals surface area contributed by atoms with Crippen molar-refractivity contribution >= 4 is 39.8 Å². The third kappa shape index (κ3) is 6.70. The van der Waals surface area contributed by atoms with Crippen LogP contribution in [0.4, 0.5) is 0 Å². The number of nitrogens with zero attached hydrogens (tertiary/aromatic N) is 1. The van der Waals surface area contributed by atoms with Gasteiger partial charge in [0.1, 0.15) is 0 Å². The molecule has 2 N–H and O–H groups in total. The summed E-state index contributed by atoms with van der Waals surface area (Å²) in [6, 6.07) is 8.34. The zero-order valence-electron chi connectivity index (χ0n) is 15.7. The summed E-state index contributed by atoms with van der Waals surface area (Å²) in [7, 11) is -1.65. The lowest BCUT2D eigenvalue weighted by Gasteiger charge is -2.26. The van der Waals surface area contributed by atoms with Crippen LogP contribution < -0.4 is 10.6 Å². The molecule has 0 aromatic heterocycles. The molecule has 1 aliphatic rings. The van der Waals surface area contributed by atoms with Crippen molar-refractivity contribution in [3.05, 3.63) is 30.3 Å². The molecule has 1 saturated heterocycles. The summed E-state index contributed by atoms with van der Waals surface area (Å²) in [5.74, 6) is 0.633. The highest BCUT2D eigenvalue weighted by Crippen LogP contribution is 2.23. The van der Waals surface area contributed by atoms with Crippen LogP contribution in [0.25, 0.3) is 0 Å². The van der Waals surface area contributed by atoms with E-state index in [0.717, 1.165) is 19.4 Å². The highest BCUT2D eigenvalue weighted by atomic mass is 127. The maximum atomic E-state index is 12.6. The standard InChI is InChI=1S/C18H29N3O3S.HI/c1-4-15(13-25(22,23)16-9-6-5-7-10-16)21-17(19-3)20-14-18(2)11-8-12-24-18;/h5-7,9-10,15H,4,8,11-14H2,1-3H3,(H2,19,20,21);1H. The quantitative estimate of drug-likeness (QED) is 0.346. The van der Waals surface area contributed by atoms with Crippen molar-refractivity contribution in [2.75, 3.05) is 26.0 Å². The minimum absolute atomic E-state index is 0. The van der Waals surface area contributed by atoms with Crippen molar-refractivity contribution in [2.24, 2.45) is 4.99 Å². The lowest BCUT2D eigenvalue weighted by molar-refractivity contribution is 0.0242. The number of rotatable bonds is 7. The van der Waals surface area contributed by atoms with E-state index in [1.165, 1.54) is 0 Å². The van der Waals surface area contributed by atoms with Crippen molar-refractivity contribution in [3.63, 3.8) is 0 Å². The summed E-state index contributed by atoms with van der Waals surface area (Å²) in [6.07, 6.45) is 2.76. The van der Waals surface area contributed by atoms with E-state index in [1.54, 1.807) is 31.3 Å². The first-order valence-electron chi connectivity index (χ1n) is 8.77. The van der Waals surface area contributed by atoms with Gasteiger partial charge >= 0.3 is 0 Å². The van der Waals surface area contributed by atoms with Gasteiger partial charge in [0, 0.05) is 26.2 Å². The van der Waals surface area contributed by atoms with Gasteiger partial charge in [0.05, 0.1) is 16.2 Å². The van der Waals surface area contributed by atoms with Crippen LogP contribution in [0.5, 0.6) is 0 Å². The van der Waals surface area contributed by atoms with E-state index in [0.29, 0.717) is 23.8 Å². The summed E-state index contributed by atoms with van der Waals surface area (Å²) < 4.78 is 30.9. The monoisotopic (exact) mass is 495 g/mol. The van der Waals surface area contributed by atoms with Gasteiger partial charge in [-0.05, 0) is 38.3 Å². The fourth-order valence-corrected chi connectivity index (χ4v) is 4.50. The Balaban J connectivity index is 0.00000338. The summed E-state index contributed by atoms with van der Waals surface area (Å²) in [5.41, 5.74) is -0.185. The summed E-state index contributed by atoms with van der Waals surface area (Å²) in [5, 5.41) is 6.49. The molecular formula is C18H30IN3O3S. The molecule has 0 spiro atoms. The second-order valence-electron chi connectivity index (χ2n) is 6.67. The van der Waals surface area contributed by atoms with Crippen LogP contribution in [0.3, 0.4) is 0 Å². The fourth-order valence-electron chi connectivity index (χ4n) is 2.89. The van der Waals surface area contributed by atoms with E-state index >= 15 is 0 Å². The third-order valence-electron chi connectivity index (χ3n) is 4.51. The molecule has 2 rings (SSSR count). The lowest BCUT2D eigenvalue weighted by Crippen LogP contribution is -2.50. The first kappa shape index (κ1) is 23.2. The molecule has 1 fully saturated rings. The van der Waals surface area contributed by atoms with Gasteiger partial charge in [-0.25, -0.2) is 8.42 Å². The first-order chi connectivity index (χ1) is 11.9. The Kier molecular flexibility index (Phi) is 9.32. The zero-order chi connectivity index (χ0) is 18.3. The maximum Gasteiger partial charge on any atom is 0.191 e. The number of hydrogen-bond acceptors (Lipinski definition) is 4. The molecular weight excluding hydrogens is 465 g/mol. The Bertz CT molecular complexity index is 674. The second-order valence-corrected chi connectivity index (χ2v) is 8.71. The average Bonchev–Trinajstić information content (AvgIpc) is 3.05. The first-order valence-corrected chi connectivity index (χ1v) is 10.4. The number of nitrogens with one attached hydrogen (secondary N) is 2. The van der Waals surface area contributed by atoms with Gasteiger partial charge < -0.3 is 15.4 Å². The Morgan fingerprint density at radius 2 is 2.04 bits per heavy atom. The molecule has 0 saturated carbocycles. The van der Waals surface area contributed by atoms with Crippen LogP contribution in [0.15, 0.2) is 40.2 Å². The molecule has 2 atom stereocenters. The number of hydrogen-bond donors (Lipinski definition) is 2. The van der Waals surface area contributed by atoms with Crippen LogP contribution in [0.1, 0.15) is 33.1 Å². The number of ether oxygens (including phenoxy) is 1. The van der Waals surface area contributed by atoms with Gasteiger partial charge in [0.25, 0.3) is 0 Å². The van der Waals surface area contributed by atoms with Crippen molar-refractivity contribution in [1.29, 1.82) is 0 Å². The van der Waals surface area contributed by atoms with Crippen molar-refractivity contribution < 1.29 is 13.2 Å². The highest BCUT2D eigenvalue weighted by Gasteiger charge is 2.30. The Hall–Kier alpha value is -0.870. The van der Waals surface area contributed by atoms with E-state index < -0.39 is 9.84 Å². The van der Waals surface area contributed by atoms with Gasteiger partial charge in [0.2, 0.25) is 0 Å². The lowest BCUT2D eigenvalue weighted by atomic mass is 10.0. The van der Waals surface area contributed by atoms with Crippen LogP contribution in [-0.2, 0) is 14.6 Å². The van der Waals surface area contributed by atoms with Crippen LogP contribution >= 0.6 is 24.0 Å². The molecule has 148 valence electrons. The predicted octanol–water partition coefficient (Wildman–Crippen LogP) is 2.59. The molecule has 8 heteroatoms. The van der Waals surface area contributed by atoms with Crippen LogP contribution in [0, 0.1) is 0 Å². The number of aliphatic imine (C=N–C) groups is 1. The fraction of sp³-hybridized carbons (Fsp3) is 0.611. The van der Waals surface area contributed by atoms with Crippen LogP contribution in [0.2, 0.25) is 0 Å². The minimum Gasteiger partial charge on any atom is -0.373 e. The molecule has 6 nitrogen and oxygen atoms in total. The topological polar surface area (TPSA) is 79.8 Å². The molecule has 0 bridgehead atoms. The normalized spacial score (nSPS) is 21.7. The highest BCUT2D eigenvalue weighted by molar-refractivity contribution is 14.0. The number of guanidine groups is 1. The summed E-state index contributed by atoms with van der Waals surface area (Å²) in [6.45, 7) is 5.48. The minimum atomic E-state index is -3.34. The van der Waals surface area contributed by atoms with E-state index in [-0.39, 0.29) is 41.4 Å². The SMILES string of the molecule is CCC(CS(=O)(=O)c1ccccc1)NC(=NC)NCC1(C)CCCO1.I. The summed E-state index contributed by atoms with van der Waals surface area (Å²) >= 11 is 0. The van der Waals surface area contributed by atoms with Crippen molar-refractivity contribution in [1.82, 2.24) is 10.6 Å². The molecule has 0 aliphatic carbocycles. The number of benzene rings is 1. The average molecular weight is 495 g/mol. The molecule has 1 aliphatic heterocycles. The Labute approximate surface area is 174 Å². The summed E-state index contributed by atoms with van der Waals surface area (Å²) in [4.78, 5) is 4.57. The van der Waals surface area contributed by atoms with Gasteiger partial charge in [-0.15, -0.1) is 24.0 Å². The Morgan fingerprint density at radius 3 is 2.58 bits per heavy atom. The largest absolute Gasteiger partial charge is 0.373 e. The molecule has 0 radical (unpaired) electrons. The van der Waals surface area contributed by atoms with Gasteiger partial charge in [-0.2, -0.15) is 0 Å². The third-order valence-corrected chi connectivity index (χ3v) is 6.34. The molecule has 26 heavy (non-hydrogen) atoms. The maximum absolute atomic E-state index is 12.6. The molecule has 1 heterocycles. The van der Waals surface area contributed by atoms with Crippen molar-refractivity contribution in [2.45, 2.75) is 49.6 Å². The predicted molar refractivity (Wildman–Crippen MR) is 116 cm³/mol. The van der Waals surface area contributed by atoms with E-state index in [2.05, 4.69) is 22.5 Å². The number of sulfone groups is 1. The Morgan fingerprint density at radius 1 is 1.35 bits per heavy atom. The van der Waals surface area contributed by atoms with E-state index in [9.17, 15) is 8.42 Å². The second kappa shape index (κ2) is 10.5.